The molecule has 0 aromatic carbocycles. The zero-order chi connectivity index (χ0) is 14.0. The van der Waals surface area contributed by atoms with E-state index in [9.17, 15) is 19.5 Å². The standard InChI is InChI=1S/C13H17NO5/c1-19-12(16)6-5-11(15)14-9-4-2-3-8(9)7-10(14)13(17)18/h5-6,8-10H,2-4,7H2,1H3,(H,17,18)/t8-,9-,10-/m0/s1. The molecule has 19 heavy (non-hydrogen) atoms. The first kappa shape index (κ1) is 13.6. The summed E-state index contributed by atoms with van der Waals surface area (Å²) >= 11 is 0. The van der Waals surface area contributed by atoms with Gasteiger partial charge in [0.15, 0.2) is 0 Å². The third-order valence-corrected chi connectivity index (χ3v) is 3.94. The van der Waals surface area contributed by atoms with Gasteiger partial charge in [-0.15, -0.1) is 0 Å². The van der Waals surface area contributed by atoms with Crippen molar-refractivity contribution < 1.29 is 24.2 Å². The summed E-state index contributed by atoms with van der Waals surface area (Å²) in [5, 5.41) is 9.20. The van der Waals surface area contributed by atoms with E-state index in [2.05, 4.69) is 4.74 Å². The van der Waals surface area contributed by atoms with Crippen LogP contribution in [0.5, 0.6) is 0 Å². The van der Waals surface area contributed by atoms with Crippen molar-refractivity contribution >= 4 is 17.8 Å². The van der Waals surface area contributed by atoms with Crippen molar-refractivity contribution in [1.29, 1.82) is 0 Å². The number of likely N-dealkylation sites (tertiary alicyclic amines) is 1. The van der Waals surface area contributed by atoms with Gasteiger partial charge in [-0.2, -0.15) is 0 Å². The molecule has 0 bridgehead atoms. The molecule has 0 aromatic heterocycles. The summed E-state index contributed by atoms with van der Waals surface area (Å²) in [5.41, 5.74) is 0. The minimum Gasteiger partial charge on any atom is -0.480 e. The molecule has 1 heterocycles. The lowest BCUT2D eigenvalue weighted by molar-refractivity contribution is -0.147. The number of methoxy groups -OCH3 is 1. The van der Waals surface area contributed by atoms with Gasteiger partial charge in [-0.25, -0.2) is 9.59 Å². The SMILES string of the molecule is COC(=O)C=CC(=O)N1[C@H](C(=O)O)C[C@@H]2CCC[C@@H]21. The predicted molar refractivity (Wildman–Crippen MR) is 65.2 cm³/mol. The van der Waals surface area contributed by atoms with Gasteiger partial charge in [-0.1, -0.05) is 6.42 Å². The lowest BCUT2D eigenvalue weighted by atomic mass is 10.0. The van der Waals surface area contributed by atoms with Gasteiger partial charge in [0, 0.05) is 18.2 Å². The molecular weight excluding hydrogens is 250 g/mol. The highest BCUT2D eigenvalue weighted by Gasteiger charge is 2.48. The van der Waals surface area contributed by atoms with Crippen LogP contribution in [0.4, 0.5) is 0 Å². The maximum Gasteiger partial charge on any atom is 0.330 e. The molecule has 0 aromatic rings. The van der Waals surface area contributed by atoms with E-state index in [0.717, 1.165) is 31.4 Å². The number of carboxylic acid groups (broad SMARTS) is 1. The second-order valence-electron chi connectivity index (χ2n) is 4.95. The Labute approximate surface area is 111 Å². The van der Waals surface area contributed by atoms with E-state index in [1.807, 2.05) is 0 Å². The molecule has 1 aliphatic carbocycles. The second-order valence-corrected chi connectivity index (χ2v) is 4.95. The van der Waals surface area contributed by atoms with Crippen LogP contribution in [0.1, 0.15) is 25.7 Å². The van der Waals surface area contributed by atoms with Crippen molar-refractivity contribution in [3.05, 3.63) is 12.2 Å². The maximum absolute atomic E-state index is 12.1. The molecule has 3 atom stereocenters. The largest absolute Gasteiger partial charge is 0.480 e. The van der Waals surface area contributed by atoms with Gasteiger partial charge >= 0.3 is 11.9 Å². The van der Waals surface area contributed by atoms with Crippen LogP contribution in [0.2, 0.25) is 0 Å². The predicted octanol–water partition coefficient (Wildman–Crippen LogP) is 0.570. The molecule has 0 unspecified atom stereocenters. The Balaban J connectivity index is 2.14. The van der Waals surface area contributed by atoms with E-state index in [1.54, 1.807) is 0 Å². The molecule has 2 rings (SSSR count). The molecule has 1 aliphatic heterocycles. The molecule has 6 heteroatoms. The Bertz CT molecular complexity index is 431. The normalized spacial score (nSPS) is 29.5. The highest BCUT2D eigenvalue weighted by molar-refractivity contribution is 5.96. The van der Waals surface area contributed by atoms with E-state index in [1.165, 1.54) is 12.0 Å². The molecule has 1 saturated heterocycles. The monoisotopic (exact) mass is 267 g/mol. The van der Waals surface area contributed by atoms with Gasteiger partial charge in [-0.05, 0) is 25.2 Å². The number of ether oxygens (including phenoxy) is 1. The highest BCUT2D eigenvalue weighted by Crippen LogP contribution is 2.41. The summed E-state index contributed by atoms with van der Waals surface area (Å²) in [6.45, 7) is 0. The summed E-state index contributed by atoms with van der Waals surface area (Å²) in [4.78, 5) is 35.7. The number of carbonyl (C=O) groups excluding carboxylic acids is 2. The number of rotatable bonds is 3. The number of carbonyl (C=O) groups is 3. The fourth-order valence-corrected chi connectivity index (χ4v) is 3.12. The third kappa shape index (κ3) is 2.62. The fraction of sp³-hybridized carbons (Fsp3) is 0.615. The van der Waals surface area contributed by atoms with Gasteiger partial charge in [-0.3, -0.25) is 4.79 Å². The highest BCUT2D eigenvalue weighted by atomic mass is 16.5. The van der Waals surface area contributed by atoms with E-state index >= 15 is 0 Å². The quantitative estimate of drug-likeness (QED) is 0.597. The van der Waals surface area contributed by atoms with Crippen LogP contribution in [-0.2, 0) is 19.1 Å². The number of hydrogen-bond acceptors (Lipinski definition) is 4. The number of amides is 1. The van der Waals surface area contributed by atoms with Gasteiger partial charge in [0.2, 0.25) is 5.91 Å². The maximum atomic E-state index is 12.1. The lowest BCUT2D eigenvalue weighted by Crippen LogP contribution is -2.44. The fourth-order valence-electron chi connectivity index (χ4n) is 3.12. The average molecular weight is 267 g/mol. The molecule has 6 nitrogen and oxygen atoms in total. The minimum absolute atomic E-state index is 0.00380. The summed E-state index contributed by atoms with van der Waals surface area (Å²) in [6, 6.07) is -0.777. The molecule has 1 amide bonds. The summed E-state index contributed by atoms with van der Waals surface area (Å²) in [5.74, 6) is -1.75. The minimum atomic E-state index is -0.978. The Hall–Kier alpha value is -1.85. The van der Waals surface area contributed by atoms with Crippen molar-refractivity contribution in [3.63, 3.8) is 0 Å². The summed E-state index contributed by atoms with van der Waals surface area (Å²) < 4.78 is 4.41. The van der Waals surface area contributed by atoms with Crippen molar-refractivity contribution in [1.82, 2.24) is 4.90 Å². The van der Waals surface area contributed by atoms with Crippen molar-refractivity contribution in [2.75, 3.05) is 7.11 Å². The number of carboxylic acids is 1. The van der Waals surface area contributed by atoms with Crippen LogP contribution < -0.4 is 0 Å². The van der Waals surface area contributed by atoms with E-state index in [4.69, 9.17) is 0 Å². The number of nitrogens with zero attached hydrogens (tertiary/aromatic N) is 1. The van der Waals surface area contributed by atoms with Crippen LogP contribution in [0.3, 0.4) is 0 Å². The number of esters is 1. The molecular formula is C13H17NO5. The molecule has 0 radical (unpaired) electrons. The smallest absolute Gasteiger partial charge is 0.330 e. The molecule has 1 saturated carbocycles. The molecule has 2 fully saturated rings. The van der Waals surface area contributed by atoms with Gasteiger partial charge < -0.3 is 14.7 Å². The van der Waals surface area contributed by atoms with Crippen molar-refractivity contribution in [2.24, 2.45) is 5.92 Å². The average Bonchev–Trinajstić information content (AvgIpc) is 2.94. The second kappa shape index (κ2) is 5.42. The van der Waals surface area contributed by atoms with Gasteiger partial charge in [0.1, 0.15) is 6.04 Å². The molecule has 2 aliphatic rings. The van der Waals surface area contributed by atoms with Crippen LogP contribution in [-0.4, -0.2) is 47.0 Å². The Morgan fingerprint density at radius 1 is 1.26 bits per heavy atom. The zero-order valence-corrected chi connectivity index (χ0v) is 10.7. The van der Waals surface area contributed by atoms with Gasteiger partial charge in [0.25, 0.3) is 0 Å². The van der Waals surface area contributed by atoms with Gasteiger partial charge in [0.05, 0.1) is 7.11 Å². The Morgan fingerprint density at radius 2 is 2.00 bits per heavy atom. The number of hydrogen-bond donors (Lipinski definition) is 1. The van der Waals surface area contributed by atoms with Crippen LogP contribution >= 0.6 is 0 Å². The van der Waals surface area contributed by atoms with Crippen LogP contribution in [0.15, 0.2) is 12.2 Å². The molecule has 104 valence electrons. The molecule has 0 spiro atoms. The number of aliphatic carboxylic acids is 1. The van der Waals surface area contributed by atoms with E-state index in [-0.39, 0.29) is 12.0 Å². The summed E-state index contributed by atoms with van der Waals surface area (Å²) in [6.07, 6.45) is 5.47. The first-order valence-electron chi connectivity index (χ1n) is 6.35. The van der Waals surface area contributed by atoms with Crippen LogP contribution in [0.25, 0.3) is 0 Å². The number of fused-ring (bicyclic) bond motifs is 1. The Morgan fingerprint density at radius 3 is 2.63 bits per heavy atom. The lowest BCUT2D eigenvalue weighted by Gasteiger charge is -2.26. The van der Waals surface area contributed by atoms with Crippen molar-refractivity contribution in [2.45, 2.75) is 37.8 Å². The van der Waals surface area contributed by atoms with Crippen LogP contribution in [0, 0.1) is 5.92 Å². The van der Waals surface area contributed by atoms with Crippen molar-refractivity contribution in [3.8, 4) is 0 Å². The first-order valence-corrected chi connectivity index (χ1v) is 6.35. The Kier molecular flexibility index (Phi) is 3.87. The zero-order valence-electron chi connectivity index (χ0n) is 10.7. The third-order valence-electron chi connectivity index (χ3n) is 3.94. The topological polar surface area (TPSA) is 83.9 Å². The first-order chi connectivity index (χ1) is 9.04. The molecule has 1 N–H and O–H groups in total. The van der Waals surface area contributed by atoms with E-state index < -0.39 is 23.9 Å². The summed E-state index contributed by atoms with van der Waals surface area (Å²) in [7, 11) is 1.22. The van der Waals surface area contributed by atoms with E-state index in [0.29, 0.717) is 6.42 Å².